The average molecular weight is 296 g/mol. The van der Waals surface area contributed by atoms with Gasteiger partial charge in [0.15, 0.2) is 16.7 Å². The van der Waals surface area contributed by atoms with E-state index in [0.29, 0.717) is 10.8 Å². The van der Waals surface area contributed by atoms with Crippen LogP contribution in [0, 0.1) is 11.6 Å². The lowest BCUT2D eigenvalue weighted by Gasteiger charge is -2.14. The Hall–Kier alpha value is -1.49. The third-order valence-electron chi connectivity index (χ3n) is 3.29. The van der Waals surface area contributed by atoms with Crippen molar-refractivity contribution in [1.82, 2.24) is 5.32 Å². The molecule has 0 heterocycles. The Labute approximate surface area is 123 Å². The summed E-state index contributed by atoms with van der Waals surface area (Å²) in [6.45, 7) is 0.751. The maximum atomic E-state index is 13.0. The molecule has 0 fully saturated rings. The molecule has 0 spiro atoms. The fourth-order valence-corrected chi connectivity index (χ4v) is 2.44. The van der Waals surface area contributed by atoms with Crippen LogP contribution in [0.15, 0.2) is 29.8 Å². The molecule has 2 N–H and O–H groups in total. The molecule has 0 saturated heterocycles. The SMILES string of the molecule is Fc1ccc(NC(=S)NCCC2=CCCCC2)cc1F. The molecule has 5 heteroatoms. The first-order chi connectivity index (χ1) is 9.65. The van der Waals surface area contributed by atoms with Crippen LogP contribution in [0.25, 0.3) is 0 Å². The fraction of sp³-hybridized carbons (Fsp3) is 0.400. The van der Waals surface area contributed by atoms with E-state index in [9.17, 15) is 8.78 Å². The summed E-state index contributed by atoms with van der Waals surface area (Å²) in [6.07, 6.45) is 8.17. The molecule has 20 heavy (non-hydrogen) atoms. The van der Waals surface area contributed by atoms with E-state index in [2.05, 4.69) is 16.7 Å². The molecule has 0 aliphatic heterocycles. The van der Waals surface area contributed by atoms with E-state index in [1.807, 2.05) is 0 Å². The number of hydrogen-bond donors (Lipinski definition) is 2. The minimum Gasteiger partial charge on any atom is -0.362 e. The zero-order chi connectivity index (χ0) is 14.4. The topological polar surface area (TPSA) is 24.1 Å². The molecule has 2 nitrogen and oxygen atoms in total. The maximum Gasteiger partial charge on any atom is 0.170 e. The quantitative estimate of drug-likeness (QED) is 0.645. The number of thiocarbonyl (C=S) groups is 1. The van der Waals surface area contributed by atoms with Gasteiger partial charge in [-0.05, 0) is 56.5 Å². The van der Waals surface area contributed by atoms with Crippen molar-refractivity contribution >= 4 is 23.0 Å². The predicted molar refractivity (Wildman–Crippen MR) is 81.7 cm³/mol. The Morgan fingerprint density at radius 1 is 1.20 bits per heavy atom. The van der Waals surface area contributed by atoms with Crippen LogP contribution in [0.2, 0.25) is 0 Å². The van der Waals surface area contributed by atoms with Gasteiger partial charge >= 0.3 is 0 Å². The summed E-state index contributed by atoms with van der Waals surface area (Å²) in [5.41, 5.74) is 1.91. The van der Waals surface area contributed by atoms with E-state index in [-0.39, 0.29) is 0 Å². The van der Waals surface area contributed by atoms with Crippen molar-refractivity contribution in [3.8, 4) is 0 Å². The normalized spacial score (nSPS) is 14.6. The number of rotatable bonds is 4. The third-order valence-corrected chi connectivity index (χ3v) is 3.54. The number of anilines is 1. The highest BCUT2D eigenvalue weighted by Gasteiger charge is 2.05. The Balaban J connectivity index is 1.74. The Morgan fingerprint density at radius 3 is 2.75 bits per heavy atom. The number of hydrogen-bond acceptors (Lipinski definition) is 1. The average Bonchev–Trinajstić information content (AvgIpc) is 2.44. The molecule has 0 aromatic heterocycles. The second kappa shape index (κ2) is 7.33. The molecule has 1 aromatic rings. The smallest absolute Gasteiger partial charge is 0.170 e. The molecule has 0 amide bonds. The lowest BCUT2D eigenvalue weighted by Crippen LogP contribution is -2.29. The van der Waals surface area contributed by atoms with Gasteiger partial charge in [-0.3, -0.25) is 0 Å². The van der Waals surface area contributed by atoms with Gasteiger partial charge in [0.1, 0.15) is 0 Å². The van der Waals surface area contributed by atoms with Crippen LogP contribution < -0.4 is 10.6 Å². The third kappa shape index (κ3) is 4.56. The zero-order valence-corrected chi connectivity index (χ0v) is 12.0. The zero-order valence-electron chi connectivity index (χ0n) is 11.2. The monoisotopic (exact) mass is 296 g/mol. The number of allylic oxidation sites excluding steroid dienone is 1. The maximum absolute atomic E-state index is 13.0. The second-order valence-electron chi connectivity index (χ2n) is 4.87. The number of nitrogens with one attached hydrogen (secondary N) is 2. The van der Waals surface area contributed by atoms with Crippen molar-refractivity contribution in [3.05, 3.63) is 41.5 Å². The molecule has 1 aliphatic rings. The lowest BCUT2D eigenvalue weighted by atomic mass is 9.97. The second-order valence-corrected chi connectivity index (χ2v) is 5.28. The highest BCUT2D eigenvalue weighted by atomic mass is 32.1. The Bertz CT molecular complexity index is 515. The van der Waals surface area contributed by atoms with Gasteiger partial charge in [0, 0.05) is 18.3 Å². The van der Waals surface area contributed by atoms with Crippen molar-refractivity contribution in [2.24, 2.45) is 0 Å². The molecule has 2 rings (SSSR count). The number of benzene rings is 1. The predicted octanol–water partition coefficient (Wildman–Crippen LogP) is 4.14. The van der Waals surface area contributed by atoms with Crippen LogP contribution in [0.5, 0.6) is 0 Å². The summed E-state index contributed by atoms with van der Waals surface area (Å²) < 4.78 is 25.8. The van der Waals surface area contributed by atoms with Crippen LogP contribution in [0.1, 0.15) is 32.1 Å². The van der Waals surface area contributed by atoms with Crippen LogP contribution in [0.4, 0.5) is 14.5 Å². The summed E-state index contributed by atoms with van der Waals surface area (Å²) >= 11 is 5.12. The van der Waals surface area contributed by atoms with E-state index < -0.39 is 11.6 Å². The van der Waals surface area contributed by atoms with E-state index in [4.69, 9.17) is 12.2 Å². The summed E-state index contributed by atoms with van der Waals surface area (Å²) in [6, 6.07) is 3.62. The first-order valence-electron chi connectivity index (χ1n) is 6.83. The van der Waals surface area contributed by atoms with Crippen LogP contribution in [0.3, 0.4) is 0 Å². The number of halogens is 2. The highest BCUT2D eigenvalue weighted by Crippen LogP contribution is 2.19. The molecule has 0 unspecified atom stereocenters. The van der Waals surface area contributed by atoms with Crippen molar-refractivity contribution in [2.45, 2.75) is 32.1 Å². The van der Waals surface area contributed by atoms with E-state index in [1.54, 1.807) is 0 Å². The molecule has 1 aliphatic carbocycles. The summed E-state index contributed by atoms with van der Waals surface area (Å²) in [5.74, 6) is -1.75. The Kier molecular flexibility index (Phi) is 5.47. The first kappa shape index (κ1) is 14.9. The molecule has 0 saturated carbocycles. The van der Waals surface area contributed by atoms with Gasteiger partial charge < -0.3 is 10.6 Å². The van der Waals surface area contributed by atoms with E-state index >= 15 is 0 Å². The molecular weight excluding hydrogens is 278 g/mol. The minimum absolute atomic E-state index is 0.424. The summed E-state index contributed by atoms with van der Waals surface area (Å²) in [5, 5.41) is 6.34. The molecule has 0 bridgehead atoms. The molecule has 0 radical (unpaired) electrons. The van der Waals surface area contributed by atoms with Crippen LogP contribution in [-0.4, -0.2) is 11.7 Å². The molecule has 108 valence electrons. The van der Waals surface area contributed by atoms with Crippen molar-refractivity contribution < 1.29 is 8.78 Å². The molecule has 0 atom stereocenters. The van der Waals surface area contributed by atoms with Gasteiger partial charge in [0.05, 0.1) is 0 Å². The van der Waals surface area contributed by atoms with Gasteiger partial charge in [0.25, 0.3) is 0 Å². The lowest BCUT2D eigenvalue weighted by molar-refractivity contribution is 0.509. The van der Waals surface area contributed by atoms with Crippen molar-refractivity contribution in [2.75, 3.05) is 11.9 Å². The van der Waals surface area contributed by atoms with Crippen molar-refractivity contribution in [3.63, 3.8) is 0 Å². The van der Waals surface area contributed by atoms with Gasteiger partial charge in [-0.15, -0.1) is 0 Å². The van der Waals surface area contributed by atoms with Gasteiger partial charge in [0.2, 0.25) is 0 Å². The summed E-state index contributed by atoms with van der Waals surface area (Å²) in [4.78, 5) is 0. The molecule has 1 aromatic carbocycles. The van der Waals surface area contributed by atoms with Crippen molar-refractivity contribution in [1.29, 1.82) is 0 Å². The summed E-state index contributed by atoms with van der Waals surface area (Å²) in [7, 11) is 0. The first-order valence-corrected chi connectivity index (χ1v) is 7.24. The standard InChI is InChI=1S/C15H18F2N2S/c16-13-7-6-12(10-14(13)17)19-15(20)18-9-8-11-4-2-1-3-5-11/h4,6-7,10H,1-3,5,8-9H2,(H2,18,19,20). The largest absolute Gasteiger partial charge is 0.362 e. The van der Waals surface area contributed by atoms with Gasteiger partial charge in [-0.2, -0.15) is 0 Å². The van der Waals surface area contributed by atoms with E-state index in [0.717, 1.165) is 25.1 Å². The highest BCUT2D eigenvalue weighted by molar-refractivity contribution is 7.80. The Morgan fingerprint density at radius 2 is 2.05 bits per heavy atom. The van der Waals surface area contributed by atoms with E-state index in [1.165, 1.54) is 37.3 Å². The fourth-order valence-electron chi connectivity index (χ4n) is 2.22. The van der Waals surface area contributed by atoms with Gasteiger partial charge in [-0.25, -0.2) is 8.78 Å². The van der Waals surface area contributed by atoms with Gasteiger partial charge in [-0.1, -0.05) is 11.6 Å². The molecular formula is C15H18F2N2S. The minimum atomic E-state index is -0.884. The van der Waals surface area contributed by atoms with Crippen LogP contribution in [-0.2, 0) is 0 Å². The van der Waals surface area contributed by atoms with Crippen LogP contribution >= 0.6 is 12.2 Å².